The third-order valence-corrected chi connectivity index (χ3v) is 8.10. The Kier molecular flexibility index (Phi) is 6.71. The van der Waals surface area contributed by atoms with Crippen molar-refractivity contribution in [1.82, 2.24) is 0 Å². The molecule has 0 spiro atoms. The van der Waals surface area contributed by atoms with E-state index in [9.17, 15) is 44.7 Å². The van der Waals surface area contributed by atoms with Crippen LogP contribution in [0.5, 0.6) is 11.5 Å². The summed E-state index contributed by atoms with van der Waals surface area (Å²) in [6.45, 7) is 3.07. The Hall–Kier alpha value is -3.88. The van der Waals surface area contributed by atoms with Crippen LogP contribution in [-0.2, 0) is 19.0 Å². The van der Waals surface area contributed by atoms with Gasteiger partial charge >= 0.3 is 5.97 Å². The van der Waals surface area contributed by atoms with Gasteiger partial charge < -0.3 is 44.5 Å². The van der Waals surface area contributed by atoms with E-state index >= 15 is 0 Å². The van der Waals surface area contributed by atoms with Gasteiger partial charge in [0.15, 0.2) is 12.4 Å². The number of methoxy groups -OCH3 is 2. The maximum atomic E-state index is 13.7. The largest absolute Gasteiger partial charge is 0.507 e. The van der Waals surface area contributed by atoms with Gasteiger partial charge in [-0.3, -0.25) is 14.4 Å². The Labute approximate surface area is 232 Å². The highest BCUT2D eigenvalue weighted by atomic mass is 16.7. The first kappa shape index (κ1) is 28.6. The van der Waals surface area contributed by atoms with Crippen LogP contribution in [0.3, 0.4) is 0 Å². The standard InChI is InChI=1S/C28H28O13/c1-10-19-12(8-15(20(10)26(35)39-4)41-18-6-5-14(29)11(2)40-18)7-13-21(22(19)31)25(34)27(36)17(30)9-16(38-3)24(33)28(27,37)23(13)32/h7-9,11,14,18,24,29,31,33,36-37H,5-6H2,1-4H3. The molecule has 13 nitrogen and oxygen atoms in total. The van der Waals surface area contributed by atoms with Crippen LogP contribution in [0, 0.1) is 6.92 Å². The first-order valence-electron chi connectivity index (χ1n) is 12.7. The summed E-state index contributed by atoms with van der Waals surface area (Å²) < 4.78 is 21.4. The molecule has 5 rings (SSSR count). The van der Waals surface area contributed by atoms with E-state index < -0.39 is 81.8 Å². The number of rotatable bonds is 4. The van der Waals surface area contributed by atoms with Crippen molar-refractivity contribution in [1.29, 1.82) is 0 Å². The summed E-state index contributed by atoms with van der Waals surface area (Å²) in [5.74, 6) is -6.73. The molecule has 6 unspecified atom stereocenters. The summed E-state index contributed by atoms with van der Waals surface area (Å²) in [5, 5.41) is 54.6. The van der Waals surface area contributed by atoms with Gasteiger partial charge in [-0.25, -0.2) is 4.79 Å². The van der Waals surface area contributed by atoms with Crippen LogP contribution in [-0.4, -0.2) is 98.9 Å². The Bertz CT molecular complexity index is 1560. The van der Waals surface area contributed by atoms with Crippen molar-refractivity contribution in [3.8, 4) is 11.5 Å². The second-order valence-corrected chi connectivity index (χ2v) is 10.3. The number of aliphatic hydroxyl groups is 4. The zero-order chi connectivity index (χ0) is 30.2. The van der Waals surface area contributed by atoms with Crippen molar-refractivity contribution in [2.45, 2.75) is 62.5 Å². The lowest BCUT2D eigenvalue weighted by Crippen LogP contribution is -2.76. The van der Waals surface area contributed by atoms with Gasteiger partial charge in [-0.15, -0.1) is 0 Å². The molecule has 5 N–H and O–H groups in total. The Balaban J connectivity index is 1.75. The van der Waals surface area contributed by atoms with Crippen molar-refractivity contribution in [3.63, 3.8) is 0 Å². The van der Waals surface area contributed by atoms with E-state index in [4.69, 9.17) is 18.9 Å². The fourth-order valence-electron chi connectivity index (χ4n) is 5.78. The molecule has 2 aromatic rings. The number of hydrogen-bond donors (Lipinski definition) is 5. The van der Waals surface area contributed by atoms with E-state index in [0.29, 0.717) is 12.5 Å². The number of carbonyl (C=O) groups is 4. The molecule has 0 bridgehead atoms. The molecule has 218 valence electrons. The Morgan fingerprint density at radius 2 is 1.76 bits per heavy atom. The monoisotopic (exact) mass is 572 g/mol. The Morgan fingerprint density at radius 3 is 2.37 bits per heavy atom. The van der Waals surface area contributed by atoms with Crippen molar-refractivity contribution in [3.05, 3.63) is 46.2 Å². The summed E-state index contributed by atoms with van der Waals surface area (Å²) >= 11 is 0. The van der Waals surface area contributed by atoms with Gasteiger partial charge in [0.25, 0.3) is 0 Å². The normalized spacial score (nSPS) is 31.3. The van der Waals surface area contributed by atoms with Gasteiger partial charge in [-0.2, -0.15) is 0 Å². The molecule has 1 heterocycles. The number of esters is 1. The molecule has 0 radical (unpaired) electrons. The number of ketones is 3. The van der Waals surface area contributed by atoms with E-state index in [2.05, 4.69) is 0 Å². The summed E-state index contributed by atoms with van der Waals surface area (Å²) in [6, 6.07) is 2.40. The van der Waals surface area contributed by atoms with E-state index in [1.165, 1.54) is 13.0 Å². The topological polar surface area (TPSA) is 206 Å². The molecule has 41 heavy (non-hydrogen) atoms. The summed E-state index contributed by atoms with van der Waals surface area (Å²) in [4.78, 5) is 53.1. The number of ether oxygens (including phenoxy) is 4. The molecule has 6 atom stereocenters. The number of hydrogen-bond acceptors (Lipinski definition) is 13. The van der Waals surface area contributed by atoms with Crippen molar-refractivity contribution >= 4 is 34.1 Å². The first-order chi connectivity index (χ1) is 19.2. The number of Topliss-reactive ketones (excluding diaryl/α,β-unsaturated/α-hetero) is 2. The smallest absolute Gasteiger partial charge is 0.341 e. The van der Waals surface area contributed by atoms with Crippen LogP contribution >= 0.6 is 0 Å². The Morgan fingerprint density at radius 1 is 1.07 bits per heavy atom. The third kappa shape index (κ3) is 3.73. The fourth-order valence-corrected chi connectivity index (χ4v) is 5.78. The van der Waals surface area contributed by atoms with Crippen LogP contribution in [0.2, 0.25) is 0 Å². The number of aromatic hydroxyl groups is 1. The van der Waals surface area contributed by atoms with E-state index in [0.717, 1.165) is 20.3 Å². The number of phenols is 1. The lowest BCUT2D eigenvalue weighted by Gasteiger charge is -2.47. The van der Waals surface area contributed by atoms with Gasteiger partial charge in [0.1, 0.15) is 22.8 Å². The summed E-state index contributed by atoms with van der Waals surface area (Å²) in [7, 11) is 2.18. The minimum atomic E-state index is -3.48. The van der Waals surface area contributed by atoms with Crippen molar-refractivity contribution in [2.24, 2.45) is 0 Å². The minimum absolute atomic E-state index is 0.0583. The fraction of sp³-hybridized carbons (Fsp3) is 0.429. The number of benzene rings is 2. The first-order valence-corrected chi connectivity index (χ1v) is 12.7. The molecule has 0 saturated carbocycles. The van der Waals surface area contributed by atoms with Crippen LogP contribution in [0.1, 0.15) is 56.4 Å². The lowest BCUT2D eigenvalue weighted by molar-refractivity contribution is -0.180. The average Bonchev–Trinajstić information content (AvgIpc) is 2.93. The number of fused-ring (bicyclic) bond motifs is 3. The highest BCUT2D eigenvalue weighted by Gasteiger charge is 2.73. The predicted molar refractivity (Wildman–Crippen MR) is 137 cm³/mol. The molecule has 1 saturated heterocycles. The van der Waals surface area contributed by atoms with Gasteiger partial charge in [0, 0.05) is 23.4 Å². The van der Waals surface area contributed by atoms with Crippen molar-refractivity contribution in [2.75, 3.05) is 14.2 Å². The zero-order valence-corrected chi connectivity index (χ0v) is 22.5. The van der Waals surface area contributed by atoms with Crippen LogP contribution in [0.15, 0.2) is 24.0 Å². The number of phenolic OH excluding ortho intramolecular Hbond substituents is 1. The predicted octanol–water partition coefficient (Wildman–Crippen LogP) is 0.220. The second-order valence-electron chi connectivity index (χ2n) is 10.3. The molecule has 1 fully saturated rings. The molecule has 1 aliphatic heterocycles. The quantitative estimate of drug-likeness (QED) is 0.246. The highest BCUT2D eigenvalue weighted by Crippen LogP contribution is 2.49. The van der Waals surface area contributed by atoms with Gasteiger partial charge in [-0.1, -0.05) is 0 Å². The van der Waals surface area contributed by atoms with Crippen LogP contribution < -0.4 is 4.74 Å². The molecule has 2 aromatic carbocycles. The lowest BCUT2D eigenvalue weighted by atomic mass is 9.60. The van der Waals surface area contributed by atoms with E-state index in [1.807, 2.05) is 0 Å². The molecular weight excluding hydrogens is 544 g/mol. The molecular formula is C28H28O13. The number of aliphatic hydroxyl groups excluding tert-OH is 2. The van der Waals surface area contributed by atoms with Crippen LogP contribution in [0.4, 0.5) is 0 Å². The second kappa shape index (κ2) is 9.60. The van der Waals surface area contributed by atoms with Crippen LogP contribution in [0.25, 0.3) is 10.8 Å². The number of carbonyl (C=O) groups excluding carboxylic acids is 4. The van der Waals surface area contributed by atoms with Gasteiger partial charge in [-0.05, 0) is 43.4 Å². The highest BCUT2D eigenvalue weighted by molar-refractivity contribution is 6.35. The zero-order valence-electron chi connectivity index (χ0n) is 22.5. The van der Waals surface area contributed by atoms with Gasteiger partial charge in [0.2, 0.25) is 28.6 Å². The SMILES string of the molecule is COC(=O)c1c(OC2CCC(O)C(C)O2)cc2cc3c(c(O)c2c1C)C(=O)C1(O)C(=O)C=C(OC)C(O)C1(O)C3=O. The summed E-state index contributed by atoms with van der Waals surface area (Å²) in [6.07, 6.45) is -3.23. The van der Waals surface area contributed by atoms with E-state index in [1.54, 1.807) is 6.92 Å². The minimum Gasteiger partial charge on any atom is -0.507 e. The molecule has 2 aliphatic carbocycles. The van der Waals surface area contributed by atoms with Gasteiger partial charge in [0.05, 0.1) is 32.0 Å². The maximum absolute atomic E-state index is 13.7. The maximum Gasteiger partial charge on any atom is 0.341 e. The molecule has 13 heteroatoms. The molecule has 0 aromatic heterocycles. The third-order valence-electron chi connectivity index (χ3n) is 8.10. The molecule has 3 aliphatic rings. The van der Waals surface area contributed by atoms with Crippen molar-refractivity contribution < 1.29 is 63.7 Å². The number of aryl methyl sites for hydroxylation is 1. The summed E-state index contributed by atoms with van der Waals surface area (Å²) in [5.41, 5.74) is -8.31. The molecule has 0 amide bonds. The van der Waals surface area contributed by atoms with E-state index in [-0.39, 0.29) is 34.1 Å². The average molecular weight is 573 g/mol.